The van der Waals surface area contributed by atoms with Crippen LogP contribution in [0.2, 0.25) is 5.02 Å². The summed E-state index contributed by atoms with van der Waals surface area (Å²) < 4.78 is 14.3. The average molecular weight is 484 g/mol. The first-order chi connectivity index (χ1) is 16.1. The summed E-state index contributed by atoms with van der Waals surface area (Å²) in [6.45, 7) is 0. The summed E-state index contributed by atoms with van der Waals surface area (Å²) in [6, 6.07) is 16.7. The average Bonchev–Trinajstić information content (AvgIpc) is 3.48. The summed E-state index contributed by atoms with van der Waals surface area (Å²) in [5, 5.41) is 12.7. The molecule has 4 aromatic rings. The number of halogens is 1. The second kappa shape index (κ2) is 10.5. The number of carbonyl (C=O) groups excluding carboxylic acids is 1. The van der Waals surface area contributed by atoms with Gasteiger partial charge in [-0.2, -0.15) is 0 Å². The second-order valence-electron chi connectivity index (χ2n) is 6.98. The molecular formula is C23H22ClN5O3S. The molecule has 10 heteroatoms. The largest absolute Gasteiger partial charge is 0.497 e. The molecule has 0 saturated carbocycles. The van der Waals surface area contributed by atoms with Gasteiger partial charge in [-0.15, -0.1) is 10.2 Å². The number of hydrogen-bond acceptors (Lipinski definition) is 6. The molecule has 0 atom stereocenters. The number of anilines is 1. The normalized spacial score (nSPS) is 10.8. The van der Waals surface area contributed by atoms with Crippen molar-refractivity contribution in [2.45, 2.75) is 11.6 Å². The maximum atomic E-state index is 12.6. The topological polar surface area (TPSA) is 83.2 Å². The molecular weight excluding hydrogens is 462 g/mol. The van der Waals surface area contributed by atoms with Crippen LogP contribution in [0.1, 0.15) is 11.4 Å². The number of carbonyl (C=O) groups is 1. The molecule has 2 aromatic heterocycles. The van der Waals surface area contributed by atoms with Crippen molar-refractivity contribution in [1.29, 1.82) is 0 Å². The lowest BCUT2D eigenvalue weighted by atomic mass is 10.1. The summed E-state index contributed by atoms with van der Waals surface area (Å²) >= 11 is 7.34. The van der Waals surface area contributed by atoms with E-state index in [1.807, 2.05) is 58.1 Å². The van der Waals surface area contributed by atoms with Gasteiger partial charge in [-0.25, -0.2) is 4.68 Å². The summed E-state index contributed by atoms with van der Waals surface area (Å²) in [7, 11) is 3.18. The number of aromatic nitrogens is 4. The molecule has 1 amide bonds. The Hall–Kier alpha value is -3.43. The van der Waals surface area contributed by atoms with Crippen molar-refractivity contribution in [2.24, 2.45) is 0 Å². The van der Waals surface area contributed by atoms with Crippen molar-refractivity contribution >= 4 is 35.0 Å². The highest BCUT2D eigenvalue weighted by Gasteiger charge is 2.17. The molecule has 170 valence electrons. The van der Waals surface area contributed by atoms with E-state index < -0.39 is 0 Å². The molecule has 4 rings (SSSR count). The van der Waals surface area contributed by atoms with E-state index in [2.05, 4.69) is 15.5 Å². The summed E-state index contributed by atoms with van der Waals surface area (Å²) in [4.78, 5) is 12.6. The van der Waals surface area contributed by atoms with Gasteiger partial charge in [-0.05, 0) is 48.0 Å². The van der Waals surface area contributed by atoms with Crippen LogP contribution in [-0.2, 0) is 11.2 Å². The summed E-state index contributed by atoms with van der Waals surface area (Å²) in [6.07, 6.45) is 4.38. The van der Waals surface area contributed by atoms with E-state index in [0.717, 1.165) is 17.1 Å². The lowest BCUT2D eigenvalue weighted by molar-refractivity contribution is -0.113. The van der Waals surface area contributed by atoms with Crippen LogP contribution in [0.15, 0.2) is 72.1 Å². The number of nitrogens with one attached hydrogen (secondary N) is 1. The Bertz CT molecular complexity index is 1230. The van der Waals surface area contributed by atoms with Gasteiger partial charge in [0.15, 0.2) is 5.82 Å². The summed E-state index contributed by atoms with van der Waals surface area (Å²) in [5.74, 6) is 2.01. The Kier molecular flexibility index (Phi) is 7.21. The maximum absolute atomic E-state index is 12.6. The van der Waals surface area contributed by atoms with Gasteiger partial charge in [0.1, 0.15) is 11.5 Å². The minimum absolute atomic E-state index is 0.137. The molecule has 0 spiro atoms. The molecule has 8 nitrogen and oxygen atoms in total. The quantitative estimate of drug-likeness (QED) is 0.356. The first-order valence-electron chi connectivity index (χ1n) is 10.0. The molecule has 0 radical (unpaired) electrons. The van der Waals surface area contributed by atoms with Gasteiger partial charge in [0.25, 0.3) is 0 Å². The van der Waals surface area contributed by atoms with Gasteiger partial charge in [-0.1, -0.05) is 35.5 Å². The molecule has 0 fully saturated rings. The number of amides is 1. The molecule has 33 heavy (non-hydrogen) atoms. The lowest BCUT2D eigenvalue weighted by Crippen LogP contribution is -2.17. The molecule has 2 heterocycles. The Morgan fingerprint density at radius 1 is 1.06 bits per heavy atom. The second-order valence-corrected chi connectivity index (χ2v) is 8.36. The number of rotatable bonds is 9. The number of hydrogen-bond donors (Lipinski definition) is 1. The fourth-order valence-electron chi connectivity index (χ4n) is 3.21. The molecule has 1 N–H and O–H groups in total. The van der Waals surface area contributed by atoms with Crippen LogP contribution in [0, 0.1) is 0 Å². The van der Waals surface area contributed by atoms with E-state index >= 15 is 0 Å². The standard InChI is InChI=1S/C23H22ClN5O3S/c1-31-18-8-5-16(6-9-18)13-21-26-27-23(29(21)28-11-3-4-12-28)33-15-22(30)25-19-14-17(24)7-10-20(19)32-2/h3-12,14H,13,15H2,1-2H3,(H,25,30). The fraction of sp³-hybridized carbons (Fsp3) is 0.174. The van der Waals surface area contributed by atoms with Crippen LogP contribution in [0.25, 0.3) is 0 Å². The Morgan fingerprint density at radius 3 is 2.52 bits per heavy atom. The van der Waals surface area contributed by atoms with Gasteiger partial charge in [0, 0.05) is 23.8 Å². The van der Waals surface area contributed by atoms with E-state index in [4.69, 9.17) is 21.1 Å². The number of thioether (sulfide) groups is 1. The SMILES string of the molecule is COc1ccc(Cc2nnc(SCC(=O)Nc3cc(Cl)ccc3OC)n2-n2cccc2)cc1. The third kappa shape index (κ3) is 5.50. The minimum atomic E-state index is -0.209. The van der Waals surface area contributed by atoms with E-state index in [9.17, 15) is 4.79 Å². The maximum Gasteiger partial charge on any atom is 0.234 e. The van der Waals surface area contributed by atoms with Crippen LogP contribution in [-0.4, -0.2) is 45.4 Å². The smallest absolute Gasteiger partial charge is 0.234 e. The fourth-order valence-corrected chi connectivity index (χ4v) is 4.13. The van der Waals surface area contributed by atoms with Crippen molar-refractivity contribution in [3.05, 3.63) is 83.4 Å². The van der Waals surface area contributed by atoms with Crippen LogP contribution in [0.3, 0.4) is 0 Å². The van der Waals surface area contributed by atoms with E-state index in [-0.39, 0.29) is 11.7 Å². The first kappa shape index (κ1) is 22.8. The van der Waals surface area contributed by atoms with Crippen LogP contribution in [0.5, 0.6) is 11.5 Å². The van der Waals surface area contributed by atoms with Crippen molar-refractivity contribution in [3.8, 4) is 11.5 Å². The molecule has 0 aliphatic rings. The van der Waals surface area contributed by atoms with Gasteiger partial charge in [-0.3, -0.25) is 9.47 Å². The van der Waals surface area contributed by atoms with Crippen LogP contribution in [0.4, 0.5) is 5.69 Å². The predicted octanol–water partition coefficient (Wildman–Crippen LogP) is 4.38. The Balaban J connectivity index is 1.50. The first-order valence-corrected chi connectivity index (χ1v) is 11.4. The number of benzene rings is 2. The van der Waals surface area contributed by atoms with Gasteiger partial charge >= 0.3 is 0 Å². The molecule has 0 bridgehead atoms. The van der Waals surface area contributed by atoms with Crippen molar-refractivity contribution in [1.82, 2.24) is 19.5 Å². The van der Waals surface area contributed by atoms with Gasteiger partial charge in [0.2, 0.25) is 11.1 Å². The van der Waals surface area contributed by atoms with Crippen molar-refractivity contribution in [2.75, 3.05) is 25.3 Å². The molecule has 2 aromatic carbocycles. The van der Waals surface area contributed by atoms with E-state index in [1.54, 1.807) is 25.3 Å². The highest BCUT2D eigenvalue weighted by Crippen LogP contribution is 2.28. The third-order valence-electron chi connectivity index (χ3n) is 4.79. The van der Waals surface area contributed by atoms with Crippen molar-refractivity contribution in [3.63, 3.8) is 0 Å². The third-order valence-corrected chi connectivity index (χ3v) is 5.94. The molecule has 0 aliphatic heterocycles. The van der Waals surface area contributed by atoms with E-state index in [0.29, 0.717) is 28.0 Å². The van der Waals surface area contributed by atoms with E-state index in [1.165, 1.54) is 18.9 Å². The zero-order chi connectivity index (χ0) is 23.2. The molecule has 0 aliphatic carbocycles. The molecule has 0 saturated heterocycles. The Labute approximate surface area is 200 Å². The summed E-state index contributed by atoms with van der Waals surface area (Å²) in [5.41, 5.74) is 1.58. The minimum Gasteiger partial charge on any atom is -0.497 e. The van der Waals surface area contributed by atoms with Gasteiger partial charge in [0.05, 0.1) is 25.7 Å². The number of methoxy groups -OCH3 is 2. The molecule has 0 unspecified atom stereocenters. The predicted molar refractivity (Wildman–Crippen MR) is 128 cm³/mol. The Morgan fingerprint density at radius 2 is 1.82 bits per heavy atom. The zero-order valence-corrected chi connectivity index (χ0v) is 19.6. The highest BCUT2D eigenvalue weighted by molar-refractivity contribution is 7.99. The zero-order valence-electron chi connectivity index (χ0n) is 18.1. The number of ether oxygens (including phenoxy) is 2. The van der Waals surface area contributed by atoms with Crippen LogP contribution < -0.4 is 14.8 Å². The number of nitrogens with zero attached hydrogens (tertiary/aromatic N) is 4. The van der Waals surface area contributed by atoms with Crippen molar-refractivity contribution < 1.29 is 14.3 Å². The monoisotopic (exact) mass is 483 g/mol. The van der Waals surface area contributed by atoms with Gasteiger partial charge < -0.3 is 14.8 Å². The highest BCUT2D eigenvalue weighted by atomic mass is 35.5. The lowest BCUT2D eigenvalue weighted by Gasteiger charge is -2.12. The van der Waals surface area contributed by atoms with Crippen LogP contribution >= 0.6 is 23.4 Å².